The van der Waals surface area contributed by atoms with Crippen LogP contribution in [0.2, 0.25) is 0 Å². The van der Waals surface area contributed by atoms with Crippen LogP contribution in [0.1, 0.15) is 33.6 Å². The number of pyridine rings is 2. The van der Waals surface area contributed by atoms with Gasteiger partial charge < -0.3 is 14.2 Å². The number of para-hydroxylation sites is 1. The minimum absolute atomic E-state index is 0.801. The molecule has 14 rings (SSSR count). The molecule has 0 bridgehead atoms. The summed E-state index contributed by atoms with van der Waals surface area (Å²) in [5, 5.41) is 4.39. The van der Waals surface area contributed by atoms with Gasteiger partial charge in [-0.3, -0.25) is 9.97 Å². The Bertz CT molecular complexity index is 4210. The molecule has 13 aromatic rings. The van der Waals surface area contributed by atoms with Crippen LogP contribution in [-0.4, -0.2) is 9.97 Å². The third-order valence-electron chi connectivity index (χ3n) is 15.4. The van der Waals surface area contributed by atoms with Gasteiger partial charge in [0, 0.05) is 38.9 Å². The zero-order valence-corrected chi connectivity index (χ0v) is 42.1. The minimum Gasteiger partial charge on any atom is -0.454 e. The molecule has 0 aliphatic heterocycles. The van der Waals surface area contributed by atoms with Crippen molar-refractivity contribution >= 4 is 66.8 Å². The molecule has 0 spiro atoms. The number of benzene rings is 10. The number of fused-ring (bicyclic) bond motifs is 9. The molecule has 5 heteroatoms. The van der Waals surface area contributed by atoms with Crippen molar-refractivity contribution in [3.8, 4) is 33.4 Å². The highest BCUT2D eigenvalue weighted by Crippen LogP contribution is 2.63. The summed E-state index contributed by atoms with van der Waals surface area (Å²) in [6.45, 7) is 4.08. The molecule has 0 atom stereocenters. The molecular weight excluding hydrogens is 925 g/mol. The fraction of sp³-hybridized carbons (Fsp3) is 0.0423. The van der Waals surface area contributed by atoms with Crippen molar-refractivity contribution < 1.29 is 4.42 Å². The fourth-order valence-corrected chi connectivity index (χ4v) is 11.9. The number of nitrogens with zero attached hydrogens (tertiary/aromatic N) is 4. The average molecular weight is 975 g/mol. The zero-order chi connectivity index (χ0) is 50.7. The summed E-state index contributed by atoms with van der Waals surface area (Å²) < 4.78 is 7.31. The molecule has 76 heavy (non-hydrogen) atoms. The van der Waals surface area contributed by atoms with Gasteiger partial charge in [-0.2, -0.15) is 0 Å². The van der Waals surface area contributed by atoms with E-state index >= 15 is 0 Å². The smallest absolute Gasteiger partial charge is 0.160 e. The van der Waals surface area contributed by atoms with Crippen molar-refractivity contribution in [2.45, 2.75) is 19.3 Å². The lowest BCUT2D eigenvalue weighted by atomic mass is 9.67. The molecule has 1 aliphatic rings. The van der Waals surface area contributed by atoms with E-state index in [0.717, 1.165) is 117 Å². The van der Waals surface area contributed by atoms with Gasteiger partial charge in [0.15, 0.2) is 5.58 Å². The third kappa shape index (κ3) is 7.23. The lowest BCUT2D eigenvalue weighted by Crippen LogP contribution is -2.29. The largest absolute Gasteiger partial charge is 0.454 e. The van der Waals surface area contributed by atoms with Gasteiger partial charge in [0.1, 0.15) is 5.58 Å². The van der Waals surface area contributed by atoms with Gasteiger partial charge in [0.05, 0.1) is 40.6 Å². The number of aromatic nitrogens is 2. The first kappa shape index (κ1) is 44.8. The summed E-state index contributed by atoms with van der Waals surface area (Å²) in [6.07, 6.45) is 3.99. The van der Waals surface area contributed by atoms with E-state index < -0.39 is 5.41 Å². The summed E-state index contributed by atoms with van der Waals surface area (Å²) in [7, 11) is 0. The lowest BCUT2D eigenvalue weighted by molar-refractivity contribution is 0.668. The fourth-order valence-electron chi connectivity index (χ4n) is 11.9. The van der Waals surface area contributed by atoms with E-state index in [1.54, 1.807) is 0 Å². The molecule has 1 aliphatic carbocycles. The van der Waals surface area contributed by atoms with Crippen molar-refractivity contribution in [1.82, 2.24) is 9.97 Å². The van der Waals surface area contributed by atoms with E-state index in [1.807, 2.05) is 26.2 Å². The predicted octanol–water partition coefficient (Wildman–Crippen LogP) is 18.8. The van der Waals surface area contributed by atoms with Crippen LogP contribution in [-0.2, 0) is 5.41 Å². The topological polar surface area (TPSA) is 45.4 Å². The highest BCUT2D eigenvalue weighted by molar-refractivity contribution is 6.23. The van der Waals surface area contributed by atoms with Crippen molar-refractivity contribution in [3.05, 3.63) is 301 Å². The van der Waals surface area contributed by atoms with Crippen LogP contribution in [0.4, 0.5) is 34.1 Å². The molecule has 3 aromatic heterocycles. The van der Waals surface area contributed by atoms with Crippen LogP contribution in [0.25, 0.3) is 66.1 Å². The molecular formula is C71H50N4O. The van der Waals surface area contributed by atoms with Crippen molar-refractivity contribution in [2.75, 3.05) is 9.80 Å². The first-order valence-electron chi connectivity index (χ1n) is 26.0. The molecule has 0 saturated heterocycles. The Morgan fingerprint density at radius 2 is 0.763 bits per heavy atom. The van der Waals surface area contributed by atoms with Crippen LogP contribution in [0.5, 0.6) is 0 Å². The Kier molecular flexibility index (Phi) is 10.8. The number of aryl methyl sites for hydroxylation is 2. The second kappa shape index (κ2) is 18.3. The van der Waals surface area contributed by atoms with E-state index in [-0.39, 0.29) is 0 Å². The van der Waals surface area contributed by atoms with Crippen LogP contribution < -0.4 is 9.80 Å². The minimum atomic E-state index is -0.837. The maximum absolute atomic E-state index is 7.31. The van der Waals surface area contributed by atoms with Gasteiger partial charge in [-0.1, -0.05) is 188 Å². The van der Waals surface area contributed by atoms with Crippen LogP contribution >= 0.6 is 0 Å². The molecule has 0 fully saturated rings. The number of hydrogen-bond donors (Lipinski definition) is 0. The summed E-state index contributed by atoms with van der Waals surface area (Å²) >= 11 is 0. The number of rotatable bonds is 10. The summed E-state index contributed by atoms with van der Waals surface area (Å²) in [5.41, 5.74) is 20.2. The van der Waals surface area contributed by atoms with Gasteiger partial charge in [-0.15, -0.1) is 0 Å². The van der Waals surface area contributed by atoms with E-state index in [1.165, 1.54) is 16.7 Å². The maximum atomic E-state index is 7.31. The lowest BCUT2D eigenvalue weighted by Gasteiger charge is -2.36. The van der Waals surface area contributed by atoms with Gasteiger partial charge in [0.25, 0.3) is 0 Å². The van der Waals surface area contributed by atoms with E-state index in [0.29, 0.717) is 0 Å². The van der Waals surface area contributed by atoms with Crippen LogP contribution in [0.3, 0.4) is 0 Å². The maximum Gasteiger partial charge on any atom is 0.160 e. The third-order valence-corrected chi connectivity index (χ3v) is 15.4. The van der Waals surface area contributed by atoms with Gasteiger partial charge >= 0.3 is 0 Å². The average Bonchev–Trinajstić information content (AvgIpc) is 4.16. The van der Waals surface area contributed by atoms with Gasteiger partial charge in [-0.05, 0) is 142 Å². The van der Waals surface area contributed by atoms with Gasteiger partial charge in [-0.25, -0.2) is 0 Å². The SMILES string of the molecule is Cc1ccc(N(c2ccc(-c3ccccc3)cc2)c2cc3c(c4ccccc24)-c2c(cc(N(c4ccc(-c5ccccc5)cc4)c4ccc(C)nc4)c4oc5ccccc5c24)C3(c2ccccc2)c2ccccc2)cn1. The first-order chi connectivity index (χ1) is 37.5. The Morgan fingerprint density at radius 1 is 0.355 bits per heavy atom. The predicted molar refractivity (Wildman–Crippen MR) is 314 cm³/mol. The number of hydrogen-bond acceptors (Lipinski definition) is 5. The summed E-state index contributed by atoms with van der Waals surface area (Å²) in [6, 6.07) is 92.2. The zero-order valence-electron chi connectivity index (χ0n) is 42.1. The molecule has 0 N–H and O–H groups in total. The molecule has 0 radical (unpaired) electrons. The molecule has 0 unspecified atom stereocenters. The Labute approximate surface area is 442 Å². The Balaban J connectivity index is 1.12. The quantitative estimate of drug-likeness (QED) is 0.137. The molecule has 0 saturated carbocycles. The molecule has 10 aromatic carbocycles. The van der Waals surface area contributed by atoms with E-state index in [4.69, 9.17) is 14.4 Å². The van der Waals surface area contributed by atoms with E-state index in [2.05, 4.69) is 265 Å². The van der Waals surface area contributed by atoms with Gasteiger partial charge in [0.2, 0.25) is 0 Å². The molecule has 3 heterocycles. The van der Waals surface area contributed by atoms with Crippen molar-refractivity contribution in [3.63, 3.8) is 0 Å². The monoisotopic (exact) mass is 974 g/mol. The first-order valence-corrected chi connectivity index (χ1v) is 26.0. The second-order valence-electron chi connectivity index (χ2n) is 19.8. The number of anilines is 6. The molecule has 0 amide bonds. The molecule has 5 nitrogen and oxygen atoms in total. The molecule has 360 valence electrons. The standard InChI is InChI=1S/C71H50N4O/c1-47-31-37-57(45-72-47)74(55-39-33-51(34-40-55)49-19-7-3-8-20-49)64-43-62-67(60-28-16-15-27-59(60)64)69-63(71(62,53-23-11-5-12-24-53)54-25-13-6-14-26-54)44-65(70-68(69)61-29-17-18-30-66(61)76-70)75(58-38-32-48(2)73-46-58)56-41-35-52(36-42-56)50-21-9-4-10-22-50/h3-46H,1-2H3. The highest BCUT2D eigenvalue weighted by atomic mass is 16.3. The summed E-state index contributed by atoms with van der Waals surface area (Å²) in [4.78, 5) is 14.6. The van der Waals surface area contributed by atoms with Crippen molar-refractivity contribution in [2.24, 2.45) is 0 Å². The highest BCUT2D eigenvalue weighted by Gasteiger charge is 2.49. The Hall–Kier alpha value is -9.84. The summed E-state index contributed by atoms with van der Waals surface area (Å²) in [5.74, 6) is 0. The Morgan fingerprint density at radius 3 is 1.28 bits per heavy atom. The number of furan rings is 1. The van der Waals surface area contributed by atoms with Crippen molar-refractivity contribution in [1.29, 1.82) is 0 Å². The van der Waals surface area contributed by atoms with E-state index in [9.17, 15) is 0 Å². The normalized spacial score (nSPS) is 12.4. The second-order valence-corrected chi connectivity index (χ2v) is 19.8. The van der Waals surface area contributed by atoms with Crippen LogP contribution in [0, 0.1) is 13.8 Å². The van der Waals surface area contributed by atoms with Crippen LogP contribution in [0.15, 0.2) is 272 Å².